The number of hydrogen-bond acceptors (Lipinski definition) is 4. The summed E-state index contributed by atoms with van der Waals surface area (Å²) in [6.45, 7) is 9.75. The van der Waals surface area contributed by atoms with Crippen molar-refractivity contribution in [1.29, 1.82) is 0 Å². The van der Waals surface area contributed by atoms with E-state index in [0.717, 1.165) is 19.5 Å². The van der Waals surface area contributed by atoms with Crippen molar-refractivity contribution in [3.8, 4) is 0 Å². The van der Waals surface area contributed by atoms with E-state index in [-0.39, 0.29) is 12.2 Å². The molecule has 0 aromatic carbocycles. The summed E-state index contributed by atoms with van der Waals surface area (Å²) in [6, 6.07) is 0. The van der Waals surface area contributed by atoms with Gasteiger partial charge in [0, 0.05) is 19.6 Å². The highest BCUT2D eigenvalue weighted by Gasteiger charge is 2.29. The van der Waals surface area contributed by atoms with Crippen LogP contribution in [0.1, 0.15) is 34.1 Å². The molecular weight excluding hydrogens is 206 g/mol. The van der Waals surface area contributed by atoms with Crippen molar-refractivity contribution in [3.05, 3.63) is 0 Å². The fraction of sp³-hybridized carbons (Fsp3) is 1.00. The van der Waals surface area contributed by atoms with E-state index in [1.54, 1.807) is 20.8 Å². The van der Waals surface area contributed by atoms with Gasteiger partial charge in [-0.2, -0.15) is 0 Å². The molecule has 0 unspecified atom stereocenters. The van der Waals surface area contributed by atoms with Crippen LogP contribution in [0, 0.1) is 5.92 Å². The molecule has 2 N–H and O–H groups in total. The van der Waals surface area contributed by atoms with E-state index >= 15 is 0 Å². The smallest absolute Gasteiger partial charge is 0.160 e. The SMILES string of the molecule is C[C@@H]1C[C@@H](OC(C)(C)O)CN(C[C@@H](C)O)C1. The first-order chi connectivity index (χ1) is 7.26. The highest BCUT2D eigenvalue weighted by Crippen LogP contribution is 2.22. The molecule has 1 heterocycles. The lowest BCUT2D eigenvalue weighted by Crippen LogP contribution is -2.48. The Labute approximate surface area is 98.2 Å². The van der Waals surface area contributed by atoms with Gasteiger partial charge in [0.15, 0.2) is 5.79 Å². The summed E-state index contributed by atoms with van der Waals surface area (Å²) in [5.74, 6) is -0.530. The first-order valence-corrected chi connectivity index (χ1v) is 6.07. The molecular formula is C12H25NO3. The van der Waals surface area contributed by atoms with Gasteiger partial charge in [0.2, 0.25) is 0 Å². The zero-order chi connectivity index (χ0) is 12.3. The van der Waals surface area contributed by atoms with E-state index in [4.69, 9.17) is 4.74 Å². The maximum Gasteiger partial charge on any atom is 0.160 e. The van der Waals surface area contributed by atoms with Gasteiger partial charge in [-0.25, -0.2) is 0 Å². The minimum atomic E-state index is -1.07. The van der Waals surface area contributed by atoms with Crippen molar-refractivity contribution in [3.63, 3.8) is 0 Å². The number of aliphatic hydroxyl groups is 2. The number of ether oxygens (including phenoxy) is 1. The molecule has 0 saturated carbocycles. The summed E-state index contributed by atoms with van der Waals surface area (Å²) in [7, 11) is 0. The van der Waals surface area contributed by atoms with Crippen LogP contribution in [0.3, 0.4) is 0 Å². The van der Waals surface area contributed by atoms with E-state index in [2.05, 4.69) is 11.8 Å². The van der Waals surface area contributed by atoms with E-state index in [9.17, 15) is 10.2 Å². The molecule has 1 aliphatic rings. The maximum absolute atomic E-state index is 9.63. The molecule has 3 atom stereocenters. The summed E-state index contributed by atoms with van der Waals surface area (Å²) in [4.78, 5) is 2.20. The lowest BCUT2D eigenvalue weighted by atomic mass is 9.97. The Morgan fingerprint density at radius 1 is 1.44 bits per heavy atom. The molecule has 0 aromatic rings. The van der Waals surface area contributed by atoms with Crippen molar-refractivity contribution in [2.45, 2.75) is 52.1 Å². The van der Waals surface area contributed by atoms with Gasteiger partial charge in [-0.3, -0.25) is 4.90 Å². The largest absolute Gasteiger partial charge is 0.392 e. The van der Waals surface area contributed by atoms with Crippen molar-refractivity contribution in [2.75, 3.05) is 19.6 Å². The predicted molar refractivity (Wildman–Crippen MR) is 63.1 cm³/mol. The highest BCUT2D eigenvalue weighted by atomic mass is 16.6. The Bertz CT molecular complexity index is 211. The van der Waals surface area contributed by atoms with Crippen LogP contribution in [0.25, 0.3) is 0 Å². The highest BCUT2D eigenvalue weighted by molar-refractivity contribution is 4.79. The lowest BCUT2D eigenvalue weighted by molar-refractivity contribution is -0.217. The molecule has 0 aliphatic carbocycles. The van der Waals surface area contributed by atoms with E-state index in [1.165, 1.54) is 0 Å². The second kappa shape index (κ2) is 5.45. The molecule has 1 aliphatic heterocycles. The standard InChI is InChI=1S/C12H25NO3/c1-9-5-11(16-12(3,4)15)8-13(6-9)7-10(2)14/h9-11,14-15H,5-8H2,1-4H3/t9-,10-,11-/m1/s1. The van der Waals surface area contributed by atoms with Gasteiger partial charge >= 0.3 is 0 Å². The number of hydrogen-bond donors (Lipinski definition) is 2. The van der Waals surface area contributed by atoms with Gasteiger partial charge in [0.25, 0.3) is 0 Å². The van der Waals surface area contributed by atoms with E-state index in [1.807, 2.05) is 0 Å². The Hall–Kier alpha value is -0.160. The Kier molecular flexibility index (Phi) is 4.73. The van der Waals surface area contributed by atoms with Crippen LogP contribution in [0.15, 0.2) is 0 Å². The molecule has 1 rings (SSSR count). The Morgan fingerprint density at radius 2 is 2.06 bits per heavy atom. The van der Waals surface area contributed by atoms with Crippen LogP contribution >= 0.6 is 0 Å². The molecule has 4 nitrogen and oxygen atoms in total. The first kappa shape index (κ1) is 13.9. The molecule has 16 heavy (non-hydrogen) atoms. The van der Waals surface area contributed by atoms with E-state index in [0.29, 0.717) is 12.5 Å². The summed E-state index contributed by atoms with van der Waals surface area (Å²) >= 11 is 0. The number of likely N-dealkylation sites (tertiary alicyclic amines) is 1. The lowest BCUT2D eigenvalue weighted by Gasteiger charge is -2.39. The summed E-state index contributed by atoms with van der Waals surface area (Å²) in [6.07, 6.45) is 0.718. The molecule has 0 radical (unpaired) electrons. The van der Waals surface area contributed by atoms with Crippen LogP contribution < -0.4 is 0 Å². The summed E-state index contributed by atoms with van der Waals surface area (Å²) < 4.78 is 5.59. The average Bonchev–Trinajstić information content (AvgIpc) is 1.96. The Morgan fingerprint density at radius 3 is 2.56 bits per heavy atom. The van der Waals surface area contributed by atoms with Gasteiger partial charge in [-0.15, -0.1) is 0 Å². The fourth-order valence-corrected chi connectivity index (χ4v) is 2.42. The van der Waals surface area contributed by atoms with Crippen LogP contribution in [0.2, 0.25) is 0 Å². The van der Waals surface area contributed by atoms with Crippen molar-refractivity contribution >= 4 is 0 Å². The molecule has 0 bridgehead atoms. The quantitative estimate of drug-likeness (QED) is 0.703. The predicted octanol–water partition coefficient (Wildman–Crippen LogP) is 0.823. The van der Waals surface area contributed by atoms with Crippen molar-refractivity contribution in [2.24, 2.45) is 5.92 Å². The third kappa shape index (κ3) is 5.25. The number of β-amino-alcohol motifs (C(OH)–C–C–N with tert-alkyl or cyclic N) is 1. The van der Waals surface area contributed by atoms with Crippen LogP contribution in [0.5, 0.6) is 0 Å². The van der Waals surface area contributed by atoms with Crippen molar-refractivity contribution < 1.29 is 14.9 Å². The minimum absolute atomic E-state index is 0.0579. The minimum Gasteiger partial charge on any atom is -0.392 e. The fourth-order valence-electron chi connectivity index (χ4n) is 2.42. The Balaban J connectivity index is 2.47. The van der Waals surface area contributed by atoms with Gasteiger partial charge in [0.05, 0.1) is 12.2 Å². The number of nitrogens with zero attached hydrogens (tertiary/aromatic N) is 1. The van der Waals surface area contributed by atoms with Crippen LogP contribution in [0.4, 0.5) is 0 Å². The van der Waals surface area contributed by atoms with Gasteiger partial charge in [-0.1, -0.05) is 6.92 Å². The van der Waals surface area contributed by atoms with Crippen molar-refractivity contribution in [1.82, 2.24) is 4.90 Å². The van der Waals surface area contributed by atoms with E-state index < -0.39 is 5.79 Å². The summed E-state index contributed by atoms with van der Waals surface area (Å²) in [5.41, 5.74) is 0. The second-order valence-electron chi connectivity index (χ2n) is 5.60. The number of aliphatic hydroxyl groups excluding tert-OH is 1. The zero-order valence-electron chi connectivity index (χ0n) is 10.8. The van der Waals surface area contributed by atoms with Gasteiger partial charge < -0.3 is 14.9 Å². The normalized spacial score (nSPS) is 30.4. The molecule has 4 heteroatoms. The second-order valence-corrected chi connectivity index (χ2v) is 5.60. The number of piperidine rings is 1. The molecule has 0 spiro atoms. The van der Waals surface area contributed by atoms with Crippen LogP contribution in [-0.2, 0) is 4.74 Å². The first-order valence-electron chi connectivity index (χ1n) is 6.07. The zero-order valence-corrected chi connectivity index (χ0v) is 10.8. The third-order valence-electron chi connectivity index (χ3n) is 2.67. The summed E-state index contributed by atoms with van der Waals surface area (Å²) in [5, 5.41) is 19.0. The molecule has 1 fully saturated rings. The molecule has 96 valence electrons. The number of rotatable bonds is 4. The maximum atomic E-state index is 9.63. The van der Waals surface area contributed by atoms with Crippen LogP contribution in [-0.4, -0.2) is 52.7 Å². The molecule has 1 saturated heterocycles. The third-order valence-corrected chi connectivity index (χ3v) is 2.67. The van der Waals surface area contributed by atoms with Gasteiger partial charge in [-0.05, 0) is 33.1 Å². The topological polar surface area (TPSA) is 52.9 Å². The monoisotopic (exact) mass is 231 g/mol. The average molecular weight is 231 g/mol. The molecule has 0 amide bonds. The van der Waals surface area contributed by atoms with Gasteiger partial charge in [0.1, 0.15) is 0 Å². The molecule has 0 aromatic heterocycles.